The molecule has 1 saturated heterocycles. The van der Waals surface area contributed by atoms with Crippen LogP contribution in [0.25, 0.3) is 22.2 Å². The molecule has 0 atom stereocenters. The number of nitrogens with zero attached hydrogens (tertiary/aromatic N) is 3. The molecule has 0 aliphatic carbocycles. The average molecular weight is 493 g/mol. The van der Waals surface area contributed by atoms with Gasteiger partial charge >= 0.3 is 5.97 Å². The van der Waals surface area contributed by atoms with Crippen LogP contribution in [0.3, 0.4) is 0 Å². The van der Waals surface area contributed by atoms with E-state index in [1.54, 1.807) is 12.3 Å². The first-order valence-electron chi connectivity index (χ1n) is 11.2. The molecule has 0 bridgehead atoms. The Labute approximate surface area is 203 Å². The van der Waals surface area contributed by atoms with Gasteiger partial charge in [-0.05, 0) is 43.2 Å². The summed E-state index contributed by atoms with van der Waals surface area (Å²) in [5.41, 5.74) is -0.879. The maximum atomic E-state index is 14.6. The van der Waals surface area contributed by atoms with Crippen LogP contribution in [0.2, 0.25) is 0 Å². The van der Waals surface area contributed by atoms with Crippen molar-refractivity contribution in [2.24, 2.45) is 0 Å². The van der Waals surface area contributed by atoms with Gasteiger partial charge in [0.25, 0.3) is 5.56 Å². The molecule has 1 aliphatic heterocycles. The third-order valence-corrected chi connectivity index (χ3v) is 6.14. The standard InChI is InChI=1S/C25H21F2N5O4/c26-16-2-1-3-17(27)21(16)18-10-19(22-23(31-18)15(25(35)36)12-29-24(22)34)30-20-5-4-13(11-28-20)32-8-6-14(33)7-9-32/h1-5,10-12,14,33H,6-9H2,(H,29,34)(H,35,36)(H,28,30,31). The molecule has 1 aromatic carbocycles. The van der Waals surface area contributed by atoms with Crippen molar-refractivity contribution in [2.45, 2.75) is 18.9 Å². The van der Waals surface area contributed by atoms with Crippen molar-refractivity contribution in [2.75, 3.05) is 23.3 Å². The molecule has 0 amide bonds. The number of carbonyl (C=O) groups is 1. The molecular weight excluding hydrogens is 472 g/mol. The van der Waals surface area contributed by atoms with Crippen molar-refractivity contribution in [3.63, 3.8) is 0 Å². The number of carboxylic acids is 1. The zero-order valence-corrected chi connectivity index (χ0v) is 18.8. The van der Waals surface area contributed by atoms with Crippen LogP contribution in [0.1, 0.15) is 23.2 Å². The number of pyridine rings is 3. The SMILES string of the molecule is O=C(O)c1c[nH]c(=O)c2c(Nc3ccc(N4CCC(O)CC4)cn3)cc(-c3c(F)cccc3F)nc12. The second-order valence-electron chi connectivity index (χ2n) is 8.46. The Morgan fingerprint density at radius 1 is 1.14 bits per heavy atom. The number of carboxylic acid groups (broad SMARTS) is 1. The Balaban J connectivity index is 1.61. The van der Waals surface area contributed by atoms with Gasteiger partial charge in [-0.15, -0.1) is 0 Å². The summed E-state index contributed by atoms with van der Waals surface area (Å²) in [6.45, 7) is 1.38. The summed E-state index contributed by atoms with van der Waals surface area (Å²) in [5, 5.41) is 22.2. The Morgan fingerprint density at radius 2 is 1.86 bits per heavy atom. The lowest BCUT2D eigenvalue weighted by atomic mass is 10.1. The third-order valence-electron chi connectivity index (χ3n) is 6.14. The molecule has 11 heteroatoms. The molecule has 184 valence electrons. The van der Waals surface area contributed by atoms with Gasteiger partial charge in [0.1, 0.15) is 23.0 Å². The third kappa shape index (κ3) is 4.36. The van der Waals surface area contributed by atoms with Gasteiger partial charge in [0.05, 0.1) is 45.8 Å². The second-order valence-corrected chi connectivity index (χ2v) is 8.46. The summed E-state index contributed by atoms with van der Waals surface area (Å²) in [6, 6.07) is 8.11. The number of halogens is 2. The number of aromatic nitrogens is 3. The lowest BCUT2D eigenvalue weighted by Crippen LogP contribution is -2.35. The topological polar surface area (TPSA) is 131 Å². The van der Waals surface area contributed by atoms with E-state index in [1.807, 2.05) is 6.07 Å². The quantitative estimate of drug-likeness (QED) is 0.331. The number of nitrogens with one attached hydrogen (secondary N) is 2. The second kappa shape index (κ2) is 9.34. The minimum atomic E-state index is -1.37. The molecule has 4 aromatic rings. The van der Waals surface area contributed by atoms with Crippen molar-refractivity contribution in [1.82, 2.24) is 15.0 Å². The van der Waals surface area contributed by atoms with Crippen LogP contribution in [0.15, 0.2) is 53.6 Å². The van der Waals surface area contributed by atoms with E-state index in [0.717, 1.165) is 24.0 Å². The highest BCUT2D eigenvalue weighted by Gasteiger charge is 2.21. The molecular formula is C25H21F2N5O4. The van der Waals surface area contributed by atoms with Crippen LogP contribution in [0.4, 0.5) is 26.0 Å². The van der Waals surface area contributed by atoms with Gasteiger partial charge in [-0.3, -0.25) is 4.79 Å². The number of aliphatic hydroxyl groups is 1. The Kier molecular flexibility index (Phi) is 6.06. The molecule has 0 unspecified atom stereocenters. The highest BCUT2D eigenvalue weighted by molar-refractivity contribution is 6.06. The summed E-state index contributed by atoms with van der Waals surface area (Å²) in [5.74, 6) is -2.81. The molecule has 36 heavy (non-hydrogen) atoms. The minimum absolute atomic E-state index is 0.0864. The predicted octanol–water partition coefficient (Wildman–Crippen LogP) is 3.67. The number of aromatic amines is 1. The van der Waals surface area contributed by atoms with Crippen LogP contribution in [0, 0.1) is 11.6 Å². The number of benzene rings is 1. The van der Waals surface area contributed by atoms with Crippen LogP contribution in [-0.2, 0) is 0 Å². The molecule has 5 rings (SSSR count). The number of rotatable bonds is 5. The number of piperidine rings is 1. The highest BCUT2D eigenvalue weighted by atomic mass is 19.1. The molecule has 4 N–H and O–H groups in total. The molecule has 0 radical (unpaired) electrons. The maximum absolute atomic E-state index is 14.6. The largest absolute Gasteiger partial charge is 0.478 e. The molecule has 1 aliphatic rings. The zero-order valence-electron chi connectivity index (χ0n) is 18.8. The van der Waals surface area contributed by atoms with Crippen LogP contribution in [-0.4, -0.2) is 50.3 Å². The average Bonchev–Trinajstić information content (AvgIpc) is 2.85. The van der Waals surface area contributed by atoms with E-state index in [1.165, 1.54) is 12.1 Å². The number of aromatic carboxylic acids is 1. The van der Waals surface area contributed by atoms with E-state index >= 15 is 0 Å². The van der Waals surface area contributed by atoms with E-state index in [9.17, 15) is 28.6 Å². The maximum Gasteiger partial charge on any atom is 0.339 e. The lowest BCUT2D eigenvalue weighted by molar-refractivity contribution is 0.0698. The van der Waals surface area contributed by atoms with Crippen molar-refractivity contribution < 1.29 is 23.8 Å². The Bertz CT molecular complexity index is 1500. The molecule has 1 fully saturated rings. The van der Waals surface area contributed by atoms with Crippen LogP contribution in [0.5, 0.6) is 0 Å². The van der Waals surface area contributed by atoms with Gasteiger partial charge in [0, 0.05) is 19.3 Å². The smallest absolute Gasteiger partial charge is 0.339 e. The van der Waals surface area contributed by atoms with E-state index in [2.05, 4.69) is 25.2 Å². The molecule has 0 saturated carbocycles. The van der Waals surface area contributed by atoms with Gasteiger partial charge in [-0.25, -0.2) is 23.5 Å². The van der Waals surface area contributed by atoms with Gasteiger partial charge in [-0.2, -0.15) is 0 Å². The van der Waals surface area contributed by atoms with Crippen molar-refractivity contribution in [1.29, 1.82) is 0 Å². The molecule has 4 heterocycles. The number of H-pyrrole nitrogens is 1. The fourth-order valence-corrected chi connectivity index (χ4v) is 4.29. The predicted molar refractivity (Wildman–Crippen MR) is 130 cm³/mol. The lowest BCUT2D eigenvalue weighted by Gasteiger charge is -2.31. The Morgan fingerprint density at radius 3 is 2.50 bits per heavy atom. The van der Waals surface area contributed by atoms with Gasteiger partial charge in [0.15, 0.2) is 0 Å². The first-order chi connectivity index (χ1) is 17.3. The van der Waals surface area contributed by atoms with E-state index in [0.29, 0.717) is 31.7 Å². The van der Waals surface area contributed by atoms with E-state index in [-0.39, 0.29) is 34.0 Å². The van der Waals surface area contributed by atoms with Gasteiger partial charge < -0.3 is 25.4 Å². The first kappa shape index (κ1) is 23.4. The fraction of sp³-hybridized carbons (Fsp3) is 0.200. The number of hydrogen-bond donors (Lipinski definition) is 4. The van der Waals surface area contributed by atoms with Crippen molar-refractivity contribution >= 4 is 34.1 Å². The van der Waals surface area contributed by atoms with E-state index in [4.69, 9.17) is 0 Å². The van der Waals surface area contributed by atoms with Crippen LogP contribution >= 0.6 is 0 Å². The summed E-state index contributed by atoms with van der Waals surface area (Å²) >= 11 is 0. The summed E-state index contributed by atoms with van der Waals surface area (Å²) in [7, 11) is 0. The van der Waals surface area contributed by atoms with E-state index < -0.39 is 28.7 Å². The van der Waals surface area contributed by atoms with Crippen molar-refractivity contribution in [3.05, 3.63) is 76.3 Å². The fourth-order valence-electron chi connectivity index (χ4n) is 4.29. The number of anilines is 3. The normalized spacial score (nSPS) is 14.2. The first-order valence-corrected chi connectivity index (χ1v) is 11.2. The van der Waals surface area contributed by atoms with Crippen molar-refractivity contribution in [3.8, 4) is 11.3 Å². The zero-order chi connectivity index (χ0) is 25.4. The highest BCUT2D eigenvalue weighted by Crippen LogP contribution is 2.32. The number of aliphatic hydroxyl groups excluding tert-OH is 1. The minimum Gasteiger partial charge on any atom is -0.478 e. The summed E-state index contributed by atoms with van der Waals surface area (Å²) in [6.07, 6.45) is 3.64. The number of fused-ring (bicyclic) bond motifs is 1. The molecule has 3 aromatic heterocycles. The summed E-state index contributed by atoms with van der Waals surface area (Å²) < 4.78 is 29.1. The van der Waals surface area contributed by atoms with Crippen LogP contribution < -0.4 is 15.8 Å². The Hall–Kier alpha value is -4.38. The molecule has 9 nitrogen and oxygen atoms in total. The molecule has 0 spiro atoms. The number of hydrogen-bond acceptors (Lipinski definition) is 7. The summed E-state index contributed by atoms with van der Waals surface area (Å²) in [4.78, 5) is 37.6. The van der Waals surface area contributed by atoms with Gasteiger partial charge in [-0.1, -0.05) is 6.07 Å². The monoisotopic (exact) mass is 493 g/mol. The van der Waals surface area contributed by atoms with Gasteiger partial charge in [0.2, 0.25) is 0 Å².